The van der Waals surface area contributed by atoms with Gasteiger partial charge in [0.2, 0.25) is 18.6 Å². The number of nitrogens with zero attached hydrogens (tertiary/aromatic N) is 1. The number of carbonyl (C=O) groups is 2. The zero-order chi connectivity index (χ0) is 20.2. The van der Waals surface area contributed by atoms with Crippen molar-refractivity contribution in [3.05, 3.63) is 53.6 Å². The number of benzene rings is 2. The second-order valence-corrected chi connectivity index (χ2v) is 7.45. The molecule has 2 aliphatic rings. The number of amides is 2. The average Bonchev–Trinajstić information content (AvgIpc) is 3.35. The van der Waals surface area contributed by atoms with Crippen LogP contribution < -0.4 is 20.1 Å². The van der Waals surface area contributed by atoms with Crippen LogP contribution in [0.5, 0.6) is 11.5 Å². The van der Waals surface area contributed by atoms with E-state index in [4.69, 9.17) is 9.47 Å². The topological polar surface area (TPSA) is 79.9 Å². The van der Waals surface area contributed by atoms with Gasteiger partial charge in [0.15, 0.2) is 11.5 Å². The Balaban J connectivity index is 1.28. The molecule has 2 aromatic carbocycles. The fourth-order valence-corrected chi connectivity index (χ4v) is 3.82. The number of aryl methyl sites for hydroxylation is 1. The molecule has 7 nitrogen and oxygen atoms in total. The van der Waals surface area contributed by atoms with Crippen molar-refractivity contribution >= 4 is 17.5 Å². The van der Waals surface area contributed by atoms with E-state index in [0.29, 0.717) is 17.2 Å². The summed E-state index contributed by atoms with van der Waals surface area (Å²) in [5, 5.41) is 5.55. The predicted octanol–water partition coefficient (Wildman–Crippen LogP) is 2.44. The van der Waals surface area contributed by atoms with E-state index in [1.54, 1.807) is 18.2 Å². The first-order chi connectivity index (χ1) is 14.1. The summed E-state index contributed by atoms with van der Waals surface area (Å²) in [6, 6.07) is 13.3. The van der Waals surface area contributed by atoms with Gasteiger partial charge in [0.25, 0.3) is 0 Å². The molecule has 4 rings (SSSR count). The number of hydrogen-bond donors (Lipinski definition) is 2. The largest absolute Gasteiger partial charge is 0.454 e. The highest BCUT2D eigenvalue weighted by Crippen LogP contribution is 2.34. The Labute approximate surface area is 170 Å². The van der Waals surface area contributed by atoms with E-state index in [0.717, 1.165) is 25.9 Å². The zero-order valence-electron chi connectivity index (χ0n) is 16.4. The molecule has 0 spiro atoms. The van der Waals surface area contributed by atoms with Crippen LogP contribution in [0.4, 0.5) is 5.69 Å². The van der Waals surface area contributed by atoms with Crippen molar-refractivity contribution in [2.24, 2.45) is 0 Å². The van der Waals surface area contributed by atoms with E-state index in [2.05, 4.69) is 40.7 Å². The van der Waals surface area contributed by atoms with Crippen LogP contribution in [-0.2, 0) is 16.1 Å². The van der Waals surface area contributed by atoms with Crippen molar-refractivity contribution in [1.29, 1.82) is 0 Å². The maximum Gasteiger partial charge on any atom is 0.243 e. The summed E-state index contributed by atoms with van der Waals surface area (Å²) < 4.78 is 10.6. The molecule has 0 radical (unpaired) electrons. The van der Waals surface area contributed by atoms with Crippen molar-refractivity contribution in [2.75, 3.05) is 25.2 Å². The number of rotatable bonds is 6. The van der Waals surface area contributed by atoms with Gasteiger partial charge < -0.3 is 20.1 Å². The van der Waals surface area contributed by atoms with Gasteiger partial charge in [-0.25, -0.2) is 0 Å². The molecule has 1 atom stereocenters. The van der Waals surface area contributed by atoms with E-state index in [1.165, 1.54) is 11.1 Å². The Morgan fingerprint density at radius 2 is 2.00 bits per heavy atom. The molecule has 1 saturated heterocycles. The van der Waals surface area contributed by atoms with Crippen molar-refractivity contribution in [3.63, 3.8) is 0 Å². The van der Waals surface area contributed by atoms with Gasteiger partial charge in [-0.2, -0.15) is 0 Å². The first kappa shape index (κ1) is 19.3. The van der Waals surface area contributed by atoms with Crippen LogP contribution in [0.3, 0.4) is 0 Å². The van der Waals surface area contributed by atoms with Crippen molar-refractivity contribution in [2.45, 2.75) is 32.4 Å². The quantitative estimate of drug-likeness (QED) is 0.785. The van der Waals surface area contributed by atoms with E-state index >= 15 is 0 Å². The number of likely N-dealkylation sites (tertiary alicyclic amines) is 1. The van der Waals surface area contributed by atoms with E-state index in [9.17, 15) is 9.59 Å². The van der Waals surface area contributed by atoms with Gasteiger partial charge in [-0.05, 0) is 44.0 Å². The standard InChI is InChI=1S/C22H25N3O4/c1-15-4-2-5-16(10-15)13-25-9-3-6-18(25)22(27)23-12-21(26)24-17-7-8-19-20(11-17)29-14-28-19/h2,4-5,7-8,10-11,18H,3,6,9,12-14H2,1H3,(H,23,27)(H,24,26). The summed E-state index contributed by atoms with van der Waals surface area (Å²) in [5.74, 6) is 0.882. The maximum atomic E-state index is 12.7. The smallest absolute Gasteiger partial charge is 0.243 e. The molecule has 2 aromatic rings. The summed E-state index contributed by atoms with van der Waals surface area (Å²) in [7, 11) is 0. The molecule has 7 heteroatoms. The summed E-state index contributed by atoms with van der Waals surface area (Å²) in [6.07, 6.45) is 1.79. The van der Waals surface area contributed by atoms with Crippen molar-refractivity contribution < 1.29 is 19.1 Å². The van der Waals surface area contributed by atoms with Crippen molar-refractivity contribution in [1.82, 2.24) is 10.2 Å². The second-order valence-electron chi connectivity index (χ2n) is 7.45. The van der Waals surface area contributed by atoms with Crippen LogP contribution in [0, 0.1) is 6.92 Å². The summed E-state index contributed by atoms with van der Waals surface area (Å²) in [4.78, 5) is 27.1. The minimum Gasteiger partial charge on any atom is -0.454 e. The van der Waals surface area contributed by atoms with Gasteiger partial charge in [-0.15, -0.1) is 0 Å². The number of nitrogens with one attached hydrogen (secondary N) is 2. The lowest BCUT2D eigenvalue weighted by Crippen LogP contribution is -2.45. The molecule has 2 N–H and O–H groups in total. The normalized spacial score (nSPS) is 17.9. The van der Waals surface area contributed by atoms with Crippen LogP contribution >= 0.6 is 0 Å². The number of anilines is 1. The Kier molecular flexibility index (Phi) is 5.67. The Hall–Kier alpha value is -3.06. The number of fused-ring (bicyclic) bond motifs is 1. The van der Waals surface area contributed by atoms with E-state index in [-0.39, 0.29) is 31.2 Å². The molecule has 2 amide bonds. The predicted molar refractivity (Wildman–Crippen MR) is 109 cm³/mol. The lowest BCUT2D eigenvalue weighted by atomic mass is 10.1. The van der Waals surface area contributed by atoms with E-state index < -0.39 is 0 Å². The highest BCUT2D eigenvalue weighted by molar-refractivity contribution is 5.95. The molecule has 152 valence electrons. The molecule has 0 bridgehead atoms. The molecule has 1 unspecified atom stereocenters. The highest BCUT2D eigenvalue weighted by atomic mass is 16.7. The Morgan fingerprint density at radius 3 is 2.86 bits per heavy atom. The van der Waals surface area contributed by atoms with Crippen molar-refractivity contribution in [3.8, 4) is 11.5 Å². The fourth-order valence-electron chi connectivity index (χ4n) is 3.82. The van der Waals surface area contributed by atoms with Gasteiger partial charge in [0, 0.05) is 18.3 Å². The minimum absolute atomic E-state index is 0.0674. The SMILES string of the molecule is Cc1cccc(CN2CCCC2C(=O)NCC(=O)Nc2ccc3c(c2)OCO3)c1. The maximum absolute atomic E-state index is 12.7. The van der Waals surface area contributed by atoms with Gasteiger partial charge in [0.1, 0.15) is 0 Å². The zero-order valence-corrected chi connectivity index (χ0v) is 16.4. The molecule has 2 heterocycles. The van der Waals surface area contributed by atoms with Gasteiger partial charge in [-0.3, -0.25) is 14.5 Å². The third-order valence-electron chi connectivity index (χ3n) is 5.21. The highest BCUT2D eigenvalue weighted by Gasteiger charge is 2.30. The third kappa shape index (κ3) is 4.68. The molecular weight excluding hydrogens is 370 g/mol. The van der Waals surface area contributed by atoms with Crippen LogP contribution in [-0.4, -0.2) is 42.6 Å². The van der Waals surface area contributed by atoms with E-state index in [1.807, 2.05) is 6.07 Å². The van der Waals surface area contributed by atoms with Gasteiger partial charge >= 0.3 is 0 Å². The molecule has 1 fully saturated rings. The molecule has 0 saturated carbocycles. The van der Waals surface area contributed by atoms with Crippen LogP contribution in [0.25, 0.3) is 0 Å². The summed E-state index contributed by atoms with van der Waals surface area (Å²) in [5.41, 5.74) is 3.02. The monoisotopic (exact) mass is 395 g/mol. The fraction of sp³-hybridized carbons (Fsp3) is 0.364. The lowest BCUT2D eigenvalue weighted by Gasteiger charge is -2.23. The first-order valence-corrected chi connectivity index (χ1v) is 9.85. The summed E-state index contributed by atoms with van der Waals surface area (Å²) in [6.45, 7) is 3.81. The average molecular weight is 395 g/mol. The molecule has 0 aromatic heterocycles. The third-order valence-corrected chi connectivity index (χ3v) is 5.21. The van der Waals surface area contributed by atoms with Crippen LogP contribution in [0.2, 0.25) is 0 Å². The first-order valence-electron chi connectivity index (χ1n) is 9.85. The van der Waals surface area contributed by atoms with Gasteiger partial charge in [0.05, 0.1) is 12.6 Å². The van der Waals surface area contributed by atoms with Crippen LogP contribution in [0.1, 0.15) is 24.0 Å². The molecule has 2 aliphatic heterocycles. The lowest BCUT2D eigenvalue weighted by molar-refractivity contribution is -0.127. The molecular formula is C22H25N3O4. The second kappa shape index (κ2) is 8.53. The number of carbonyl (C=O) groups excluding carboxylic acids is 2. The van der Waals surface area contributed by atoms with Crippen LogP contribution in [0.15, 0.2) is 42.5 Å². The Bertz CT molecular complexity index is 915. The minimum atomic E-state index is -0.277. The summed E-state index contributed by atoms with van der Waals surface area (Å²) >= 11 is 0. The Morgan fingerprint density at radius 1 is 1.14 bits per heavy atom. The molecule has 0 aliphatic carbocycles. The number of hydrogen-bond acceptors (Lipinski definition) is 5. The van der Waals surface area contributed by atoms with Gasteiger partial charge in [-0.1, -0.05) is 29.8 Å². The number of ether oxygens (including phenoxy) is 2. The molecule has 29 heavy (non-hydrogen) atoms.